The number of piperidine rings is 1. The number of ether oxygens (including phenoxy) is 1. The second kappa shape index (κ2) is 9.76. The summed E-state index contributed by atoms with van der Waals surface area (Å²) >= 11 is 0. The van der Waals surface area contributed by atoms with Gasteiger partial charge in [-0.2, -0.15) is 0 Å². The van der Waals surface area contributed by atoms with Crippen LogP contribution >= 0.6 is 0 Å². The highest BCUT2D eigenvalue weighted by atomic mass is 16.5. The number of likely N-dealkylation sites (tertiary alicyclic amines) is 1. The summed E-state index contributed by atoms with van der Waals surface area (Å²) in [5.74, 6) is 0.751. The van der Waals surface area contributed by atoms with Crippen LogP contribution in [0.5, 0.6) is 5.75 Å². The third kappa shape index (κ3) is 5.19. The van der Waals surface area contributed by atoms with E-state index in [0.29, 0.717) is 25.1 Å². The van der Waals surface area contributed by atoms with Gasteiger partial charge in [0.25, 0.3) is 5.91 Å². The first-order valence-corrected chi connectivity index (χ1v) is 10.8. The number of benzene rings is 2. The van der Waals surface area contributed by atoms with Crippen molar-refractivity contribution in [1.29, 1.82) is 0 Å². The lowest BCUT2D eigenvalue weighted by Gasteiger charge is -2.26. The van der Waals surface area contributed by atoms with Crippen LogP contribution in [0.15, 0.2) is 48.5 Å². The molecule has 6 heteroatoms. The number of hydrogen-bond acceptors (Lipinski definition) is 4. The van der Waals surface area contributed by atoms with Gasteiger partial charge < -0.3 is 15.4 Å². The van der Waals surface area contributed by atoms with Crippen LogP contribution in [0.25, 0.3) is 0 Å². The zero-order valence-corrected chi connectivity index (χ0v) is 17.2. The first-order chi connectivity index (χ1) is 14.7. The van der Waals surface area contributed by atoms with E-state index in [1.165, 1.54) is 19.3 Å². The molecule has 1 atom stereocenters. The molecule has 6 nitrogen and oxygen atoms in total. The maximum Gasteiger partial charge on any atom is 0.255 e. The number of nitrogens with one attached hydrogen (secondary N) is 2. The van der Waals surface area contributed by atoms with Gasteiger partial charge in [-0.3, -0.25) is 14.5 Å². The summed E-state index contributed by atoms with van der Waals surface area (Å²) < 4.78 is 5.85. The van der Waals surface area contributed by atoms with E-state index in [9.17, 15) is 9.59 Å². The molecule has 2 fully saturated rings. The highest BCUT2D eigenvalue weighted by Gasteiger charge is 2.25. The van der Waals surface area contributed by atoms with Gasteiger partial charge in [0.2, 0.25) is 5.91 Å². The van der Waals surface area contributed by atoms with Crippen molar-refractivity contribution in [2.24, 2.45) is 0 Å². The summed E-state index contributed by atoms with van der Waals surface area (Å²) in [5, 5.41) is 5.85. The molecule has 2 saturated heterocycles. The first kappa shape index (κ1) is 20.4. The van der Waals surface area contributed by atoms with Crippen LogP contribution < -0.4 is 15.4 Å². The number of carbonyl (C=O) groups excluding carboxylic acids is 2. The Morgan fingerprint density at radius 2 is 1.83 bits per heavy atom. The molecule has 2 aliphatic heterocycles. The average Bonchev–Trinajstić information content (AvgIpc) is 3.21. The Balaban J connectivity index is 1.32. The van der Waals surface area contributed by atoms with Crippen LogP contribution in [0.3, 0.4) is 0 Å². The number of nitrogens with zero attached hydrogens (tertiary/aromatic N) is 1. The Hall–Kier alpha value is -2.86. The molecule has 2 aliphatic rings. The highest BCUT2D eigenvalue weighted by molar-refractivity contribution is 6.04. The van der Waals surface area contributed by atoms with Crippen molar-refractivity contribution in [2.75, 3.05) is 38.1 Å². The molecule has 0 spiro atoms. The van der Waals surface area contributed by atoms with Crippen LogP contribution in [0.2, 0.25) is 0 Å². The minimum atomic E-state index is -0.167. The highest BCUT2D eigenvalue weighted by Crippen LogP contribution is 2.29. The van der Waals surface area contributed by atoms with Gasteiger partial charge in [0, 0.05) is 36.7 Å². The Morgan fingerprint density at radius 1 is 1.07 bits per heavy atom. The third-order valence-corrected chi connectivity index (χ3v) is 5.87. The second-order valence-electron chi connectivity index (χ2n) is 8.02. The van der Waals surface area contributed by atoms with Crippen molar-refractivity contribution in [2.45, 2.75) is 31.6 Å². The lowest BCUT2D eigenvalue weighted by Crippen LogP contribution is -2.33. The van der Waals surface area contributed by atoms with E-state index in [4.69, 9.17) is 4.74 Å². The number of hydrogen-bond donors (Lipinski definition) is 2. The molecule has 0 saturated carbocycles. The van der Waals surface area contributed by atoms with E-state index in [1.54, 1.807) is 12.1 Å². The molecule has 0 bridgehead atoms. The Morgan fingerprint density at radius 3 is 2.57 bits per heavy atom. The Kier molecular flexibility index (Phi) is 6.64. The molecule has 0 radical (unpaired) electrons. The van der Waals surface area contributed by atoms with E-state index >= 15 is 0 Å². The quantitative estimate of drug-likeness (QED) is 0.738. The van der Waals surface area contributed by atoms with Crippen LogP contribution in [0.4, 0.5) is 5.69 Å². The molecule has 2 N–H and O–H groups in total. The van der Waals surface area contributed by atoms with Gasteiger partial charge in [-0.1, -0.05) is 24.6 Å². The lowest BCUT2D eigenvalue weighted by molar-refractivity contribution is -0.119. The van der Waals surface area contributed by atoms with Gasteiger partial charge >= 0.3 is 0 Å². The predicted octanol–water partition coefficient (Wildman–Crippen LogP) is 3.41. The summed E-state index contributed by atoms with van der Waals surface area (Å²) in [6.07, 6.45) is 4.35. The molecule has 2 amide bonds. The molecule has 2 aromatic rings. The zero-order chi connectivity index (χ0) is 20.8. The SMILES string of the molecule is O=C1CC(c2ccccc2NC(=O)c2ccc(OCCN3CCCCC3)cc2)CN1. The topological polar surface area (TPSA) is 70.7 Å². The summed E-state index contributed by atoms with van der Waals surface area (Å²) in [6, 6.07) is 14.9. The number of para-hydroxylation sites is 1. The smallest absolute Gasteiger partial charge is 0.255 e. The Labute approximate surface area is 177 Å². The number of amides is 2. The first-order valence-electron chi connectivity index (χ1n) is 10.8. The average molecular weight is 408 g/mol. The molecule has 158 valence electrons. The number of rotatable bonds is 7. The van der Waals surface area contributed by atoms with Crippen molar-refractivity contribution in [3.63, 3.8) is 0 Å². The van der Waals surface area contributed by atoms with Gasteiger partial charge in [0.15, 0.2) is 0 Å². The molecule has 30 heavy (non-hydrogen) atoms. The summed E-state index contributed by atoms with van der Waals surface area (Å²) in [4.78, 5) is 26.7. The Bertz CT molecular complexity index is 876. The van der Waals surface area contributed by atoms with Gasteiger partial charge in [0.05, 0.1) is 0 Å². The molecule has 0 aliphatic carbocycles. The predicted molar refractivity (Wildman–Crippen MR) is 117 cm³/mol. The molecular weight excluding hydrogens is 378 g/mol. The van der Waals surface area contributed by atoms with Gasteiger partial charge in [0.1, 0.15) is 12.4 Å². The maximum absolute atomic E-state index is 12.7. The standard InChI is InChI=1S/C24H29N3O3/c28-23-16-19(17-25-23)21-6-2-3-7-22(21)26-24(29)18-8-10-20(11-9-18)30-15-14-27-12-4-1-5-13-27/h2-3,6-11,19H,1,4-5,12-17H2,(H,25,28)(H,26,29). The van der Waals surface area contributed by atoms with E-state index in [-0.39, 0.29) is 17.7 Å². The molecule has 2 heterocycles. The number of anilines is 1. The zero-order valence-electron chi connectivity index (χ0n) is 17.2. The van der Waals surface area contributed by atoms with Crippen LogP contribution in [0.1, 0.15) is 47.5 Å². The van der Waals surface area contributed by atoms with Crippen molar-refractivity contribution in [3.05, 3.63) is 59.7 Å². The molecule has 4 rings (SSSR count). The minimum Gasteiger partial charge on any atom is -0.492 e. The van der Waals surface area contributed by atoms with E-state index in [1.807, 2.05) is 36.4 Å². The van der Waals surface area contributed by atoms with Gasteiger partial charge in [-0.25, -0.2) is 0 Å². The van der Waals surface area contributed by atoms with Crippen molar-refractivity contribution in [3.8, 4) is 5.75 Å². The molecule has 0 aromatic heterocycles. The van der Waals surface area contributed by atoms with Crippen LogP contribution in [0, 0.1) is 0 Å². The van der Waals surface area contributed by atoms with Crippen molar-refractivity contribution in [1.82, 2.24) is 10.2 Å². The largest absolute Gasteiger partial charge is 0.492 e. The summed E-state index contributed by atoms with van der Waals surface area (Å²) in [7, 11) is 0. The third-order valence-electron chi connectivity index (χ3n) is 5.87. The normalized spacial score (nSPS) is 19.3. The van der Waals surface area contributed by atoms with Gasteiger partial charge in [-0.05, 0) is 61.8 Å². The minimum absolute atomic E-state index is 0.0528. The lowest BCUT2D eigenvalue weighted by atomic mass is 9.96. The van der Waals surface area contributed by atoms with Gasteiger partial charge in [-0.15, -0.1) is 0 Å². The fourth-order valence-electron chi connectivity index (χ4n) is 4.16. The van der Waals surface area contributed by atoms with E-state index < -0.39 is 0 Å². The molecular formula is C24H29N3O3. The maximum atomic E-state index is 12.7. The van der Waals surface area contributed by atoms with E-state index in [2.05, 4.69) is 15.5 Å². The fraction of sp³-hybridized carbons (Fsp3) is 0.417. The molecule has 2 aromatic carbocycles. The fourth-order valence-corrected chi connectivity index (χ4v) is 4.16. The van der Waals surface area contributed by atoms with Crippen LogP contribution in [-0.2, 0) is 4.79 Å². The molecule has 1 unspecified atom stereocenters. The monoisotopic (exact) mass is 407 g/mol. The van der Waals surface area contributed by atoms with Crippen molar-refractivity contribution < 1.29 is 14.3 Å². The second-order valence-corrected chi connectivity index (χ2v) is 8.02. The summed E-state index contributed by atoms with van der Waals surface area (Å²) in [6.45, 7) is 4.53. The van der Waals surface area contributed by atoms with Crippen LogP contribution in [-0.4, -0.2) is 49.5 Å². The van der Waals surface area contributed by atoms with Crippen molar-refractivity contribution >= 4 is 17.5 Å². The summed E-state index contributed by atoms with van der Waals surface area (Å²) in [5.41, 5.74) is 2.32. The van der Waals surface area contributed by atoms with E-state index in [0.717, 1.165) is 36.6 Å². The number of carbonyl (C=O) groups is 2.